The Morgan fingerprint density at radius 3 is 2.38 bits per heavy atom. The standard InChI is InChI=1S/C18H21FO2/c1-4-12(2)14-8-5-6-11-17(14)21-18-15(13(3)20)9-7-10-16(18)19/h5-13,20H,4H2,1-3H3/t12?,13-/m1/s1. The molecule has 112 valence electrons. The summed E-state index contributed by atoms with van der Waals surface area (Å²) in [5, 5.41) is 9.78. The molecule has 0 fully saturated rings. The first-order chi connectivity index (χ1) is 10.0. The van der Waals surface area contributed by atoms with E-state index in [1.807, 2.05) is 24.3 Å². The SMILES string of the molecule is CCC(C)c1ccccc1Oc1c(F)cccc1[C@@H](C)O. The average molecular weight is 288 g/mol. The molecule has 2 atom stereocenters. The highest BCUT2D eigenvalue weighted by Gasteiger charge is 2.17. The Morgan fingerprint density at radius 2 is 1.71 bits per heavy atom. The molecular weight excluding hydrogens is 267 g/mol. The normalized spacial score (nSPS) is 13.8. The number of aliphatic hydroxyl groups is 1. The van der Waals surface area contributed by atoms with Crippen LogP contribution >= 0.6 is 0 Å². The molecule has 0 aliphatic rings. The van der Waals surface area contributed by atoms with Gasteiger partial charge in [0.25, 0.3) is 0 Å². The van der Waals surface area contributed by atoms with Crippen molar-refractivity contribution in [3.8, 4) is 11.5 Å². The topological polar surface area (TPSA) is 29.5 Å². The highest BCUT2D eigenvalue weighted by atomic mass is 19.1. The number of hydrogen-bond donors (Lipinski definition) is 1. The maximum absolute atomic E-state index is 14.1. The Bertz CT molecular complexity index is 608. The first-order valence-corrected chi connectivity index (χ1v) is 7.27. The Morgan fingerprint density at radius 1 is 1.05 bits per heavy atom. The second-order valence-corrected chi connectivity index (χ2v) is 5.28. The van der Waals surface area contributed by atoms with Crippen molar-refractivity contribution in [2.45, 2.75) is 39.2 Å². The summed E-state index contributed by atoms with van der Waals surface area (Å²) in [5.41, 5.74) is 1.49. The van der Waals surface area contributed by atoms with Crippen LogP contribution in [0.25, 0.3) is 0 Å². The fourth-order valence-electron chi connectivity index (χ4n) is 2.27. The van der Waals surface area contributed by atoms with Crippen molar-refractivity contribution < 1.29 is 14.2 Å². The van der Waals surface area contributed by atoms with Crippen LogP contribution in [-0.4, -0.2) is 5.11 Å². The number of ether oxygens (including phenoxy) is 1. The number of halogens is 1. The molecule has 0 saturated carbocycles. The minimum Gasteiger partial charge on any atom is -0.454 e. The van der Waals surface area contributed by atoms with Crippen LogP contribution in [0.15, 0.2) is 42.5 Å². The molecule has 0 radical (unpaired) electrons. The lowest BCUT2D eigenvalue weighted by Crippen LogP contribution is -2.01. The number of rotatable bonds is 5. The van der Waals surface area contributed by atoms with Crippen LogP contribution in [0.1, 0.15) is 50.3 Å². The monoisotopic (exact) mass is 288 g/mol. The zero-order valence-corrected chi connectivity index (χ0v) is 12.6. The summed E-state index contributed by atoms with van der Waals surface area (Å²) in [6.07, 6.45) is 0.187. The van der Waals surface area contributed by atoms with E-state index in [9.17, 15) is 9.50 Å². The molecule has 2 rings (SSSR count). The summed E-state index contributed by atoms with van der Waals surface area (Å²) in [5.74, 6) is 0.595. The molecule has 0 spiro atoms. The van der Waals surface area contributed by atoms with Gasteiger partial charge in [-0.15, -0.1) is 0 Å². The van der Waals surface area contributed by atoms with Crippen LogP contribution in [0.4, 0.5) is 4.39 Å². The van der Waals surface area contributed by atoms with Crippen molar-refractivity contribution in [2.24, 2.45) is 0 Å². The van der Waals surface area contributed by atoms with Crippen molar-refractivity contribution in [3.63, 3.8) is 0 Å². The molecule has 2 aromatic rings. The van der Waals surface area contributed by atoms with Gasteiger partial charge in [0.15, 0.2) is 11.6 Å². The van der Waals surface area contributed by atoms with Gasteiger partial charge >= 0.3 is 0 Å². The molecule has 1 N–H and O–H groups in total. The van der Waals surface area contributed by atoms with Crippen LogP contribution in [0, 0.1) is 5.82 Å². The van der Waals surface area contributed by atoms with E-state index in [1.165, 1.54) is 6.07 Å². The molecule has 0 aliphatic carbocycles. The zero-order chi connectivity index (χ0) is 15.4. The Balaban J connectivity index is 2.44. The molecule has 0 amide bonds. The summed E-state index contributed by atoms with van der Waals surface area (Å²) >= 11 is 0. The van der Waals surface area contributed by atoms with Gasteiger partial charge in [0, 0.05) is 5.56 Å². The first-order valence-electron chi connectivity index (χ1n) is 7.27. The highest BCUT2D eigenvalue weighted by Crippen LogP contribution is 2.36. The Labute approximate surface area is 125 Å². The summed E-state index contributed by atoms with van der Waals surface area (Å²) in [7, 11) is 0. The lowest BCUT2D eigenvalue weighted by molar-refractivity contribution is 0.194. The third-order valence-corrected chi connectivity index (χ3v) is 3.72. The molecule has 0 aliphatic heterocycles. The van der Waals surface area contributed by atoms with Crippen LogP contribution in [-0.2, 0) is 0 Å². The van der Waals surface area contributed by atoms with E-state index in [1.54, 1.807) is 19.1 Å². The van der Waals surface area contributed by atoms with Gasteiger partial charge in [-0.05, 0) is 37.0 Å². The van der Waals surface area contributed by atoms with Gasteiger partial charge in [0.1, 0.15) is 5.75 Å². The lowest BCUT2D eigenvalue weighted by Gasteiger charge is -2.18. The fourth-order valence-corrected chi connectivity index (χ4v) is 2.27. The molecule has 21 heavy (non-hydrogen) atoms. The number of para-hydroxylation sites is 2. The smallest absolute Gasteiger partial charge is 0.168 e. The molecule has 2 nitrogen and oxygen atoms in total. The van der Waals surface area contributed by atoms with Crippen LogP contribution in [0.2, 0.25) is 0 Å². The summed E-state index contributed by atoms with van der Waals surface area (Å²) in [4.78, 5) is 0. The van der Waals surface area contributed by atoms with E-state index in [4.69, 9.17) is 4.74 Å². The lowest BCUT2D eigenvalue weighted by atomic mass is 9.98. The maximum atomic E-state index is 14.1. The summed E-state index contributed by atoms with van der Waals surface area (Å²) in [6.45, 7) is 5.81. The average Bonchev–Trinajstić information content (AvgIpc) is 2.48. The molecular formula is C18H21FO2. The van der Waals surface area contributed by atoms with E-state index in [0.717, 1.165) is 12.0 Å². The summed E-state index contributed by atoms with van der Waals surface area (Å²) < 4.78 is 19.9. The van der Waals surface area contributed by atoms with Gasteiger partial charge in [-0.25, -0.2) is 4.39 Å². The van der Waals surface area contributed by atoms with E-state index in [-0.39, 0.29) is 5.75 Å². The van der Waals surface area contributed by atoms with E-state index in [0.29, 0.717) is 17.2 Å². The van der Waals surface area contributed by atoms with E-state index < -0.39 is 11.9 Å². The predicted octanol–water partition coefficient (Wildman–Crippen LogP) is 5.18. The van der Waals surface area contributed by atoms with E-state index >= 15 is 0 Å². The molecule has 1 unspecified atom stereocenters. The molecule has 0 heterocycles. The zero-order valence-electron chi connectivity index (χ0n) is 12.6. The van der Waals surface area contributed by atoms with Crippen molar-refractivity contribution in [2.75, 3.05) is 0 Å². The number of hydrogen-bond acceptors (Lipinski definition) is 2. The quantitative estimate of drug-likeness (QED) is 0.821. The van der Waals surface area contributed by atoms with Gasteiger partial charge in [0.2, 0.25) is 0 Å². The highest BCUT2D eigenvalue weighted by molar-refractivity contribution is 5.44. The van der Waals surface area contributed by atoms with Crippen molar-refractivity contribution >= 4 is 0 Å². The second-order valence-electron chi connectivity index (χ2n) is 5.28. The Hall–Kier alpha value is -1.87. The van der Waals surface area contributed by atoms with Crippen molar-refractivity contribution in [1.82, 2.24) is 0 Å². The predicted molar refractivity (Wildman–Crippen MR) is 82.3 cm³/mol. The van der Waals surface area contributed by atoms with Crippen LogP contribution < -0.4 is 4.74 Å². The summed E-state index contributed by atoms with van der Waals surface area (Å²) in [6, 6.07) is 12.2. The maximum Gasteiger partial charge on any atom is 0.168 e. The minimum absolute atomic E-state index is 0.100. The molecule has 0 aromatic heterocycles. The van der Waals surface area contributed by atoms with Crippen LogP contribution in [0.3, 0.4) is 0 Å². The third-order valence-electron chi connectivity index (χ3n) is 3.72. The largest absolute Gasteiger partial charge is 0.454 e. The molecule has 3 heteroatoms. The fraction of sp³-hybridized carbons (Fsp3) is 0.333. The molecule has 2 aromatic carbocycles. The van der Waals surface area contributed by atoms with Gasteiger partial charge in [0.05, 0.1) is 6.10 Å². The van der Waals surface area contributed by atoms with E-state index in [2.05, 4.69) is 13.8 Å². The van der Waals surface area contributed by atoms with Gasteiger partial charge < -0.3 is 9.84 Å². The Kier molecular flexibility index (Phi) is 4.97. The van der Waals surface area contributed by atoms with Crippen LogP contribution in [0.5, 0.6) is 11.5 Å². The van der Waals surface area contributed by atoms with Crippen molar-refractivity contribution in [1.29, 1.82) is 0 Å². The van der Waals surface area contributed by atoms with Crippen molar-refractivity contribution in [3.05, 3.63) is 59.4 Å². The van der Waals surface area contributed by atoms with Gasteiger partial charge in [-0.1, -0.05) is 44.2 Å². The molecule has 0 bridgehead atoms. The first kappa shape index (κ1) is 15.5. The van der Waals surface area contributed by atoms with Gasteiger partial charge in [-0.3, -0.25) is 0 Å². The molecule has 0 saturated heterocycles. The minimum atomic E-state index is -0.786. The number of aliphatic hydroxyl groups excluding tert-OH is 1. The second kappa shape index (κ2) is 6.72. The number of benzene rings is 2. The van der Waals surface area contributed by atoms with Gasteiger partial charge in [-0.2, -0.15) is 0 Å². The third kappa shape index (κ3) is 3.42.